The summed E-state index contributed by atoms with van der Waals surface area (Å²) >= 11 is 5.96. The Balaban J connectivity index is 2.26. The molecule has 0 saturated heterocycles. The minimum Gasteiger partial charge on any atom is -0.495 e. The number of nitrogens with two attached hydrogens (primary N) is 1. The van der Waals surface area contributed by atoms with Gasteiger partial charge in [0.25, 0.3) is 0 Å². The summed E-state index contributed by atoms with van der Waals surface area (Å²) in [5.74, 6) is 6.91. The highest BCUT2D eigenvalue weighted by molar-refractivity contribution is 6.32. The number of benzene rings is 1. The second-order valence-corrected chi connectivity index (χ2v) is 4.28. The van der Waals surface area contributed by atoms with E-state index in [1.54, 1.807) is 7.11 Å². The van der Waals surface area contributed by atoms with Crippen LogP contribution in [0.1, 0.15) is 24.4 Å². The molecule has 1 unspecified atom stereocenters. The van der Waals surface area contributed by atoms with Crippen molar-refractivity contribution in [2.45, 2.75) is 18.9 Å². The van der Waals surface area contributed by atoms with Crippen molar-refractivity contribution in [2.24, 2.45) is 11.8 Å². The molecule has 2 rings (SSSR count). The zero-order chi connectivity index (χ0) is 10.8. The van der Waals surface area contributed by atoms with E-state index in [1.807, 2.05) is 18.2 Å². The first-order valence-electron chi connectivity index (χ1n) is 5.06. The van der Waals surface area contributed by atoms with E-state index >= 15 is 0 Å². The molecule has 1 aromatic rings. The highest BCUT2D eigenvalue weighted by Crippen LogP contribution is 2.41. The average Bonchev–Trinajstić information content (AvgIpc) is 3.06. The molecule has 15 heavy (non-hydrogen) atoms. The third kappa shape index (κ3) is 2.25. The second kappa shape index (κ2) is 4.39. The van der Waals surface area contributed by atoms with Crippen molar-refractivity contribution in [3.05, 3.63) is 28.8 Å². The highest BCUT2D eigenvalue weighted by Gasteiger charge is 2.31. The molecular weight excluding hydrogens is 212 g/mol. The van der Waals surface area contributed by atoms with E-state index in [0.717, 1.165) is 5.56 Å². The predicted molar refractivity (Wildman–Crippen MR) is 60.8 cm³/mol. The topological polar surface area (TPSA) is 47.3 Å². The van der Waals surface area contributed by atoms with Gasteiger partial charge in [-0.25, -0.2) is 0 Å². The molecule has 1 saturated carbocycles. The lowest BCUT2D eigenvalue weighted by Crippen LogP contribution is -2.29. The Hall–Kier alpha value is -0.770. The van der Waals surface area contributed by atoms with Crippen molar-refractivity contribution in [3.63, 3.8) is 0 Å². The van der Waals surface area contributed by atoms with Crippen LogP contribution in [-0.2, 0) is 0 Å². The van der Waals surface area contributed by atoms with E-state index in [-0.39, 0.29) is 6.04 Å². The van der Waals surface area contributed by atoms with Crippen molar-refractivity contribution in [1.82, 2.24) is 5.43 Å². The minimum absolute atomic E-state index is 0.219. The van der Waals surface area contributed by atoms with Gasteiger partial charge < -0.3 is 4.74 Å². The molecule has 0 radical (unpaired) electrons. The van der Waals surface area contributed by atoms with Crippen molar-refractivity contribution < 1.29 is 4.74 Å². The SMILES string of the molecule is COc1cc(C(NN)C2CC2)ccc1Cl. The summed E-state index contributed by atoms with van der Waals surface area (Å²) in [5.41, 5.74) is 3.99. The van der Waals surface area contributed by atoms with Crippen LogP contribution in [0, 0.1) is 5.92 Å². The molecule has 0 aliphatic heterocycles. The molecular formula is C11H15ClN2O. The van der Waals surface area contributed by atoms with Crippen molar-refractivity contribution >= 4 is 11.6 Å². The number of ether oxygens (including phenoxy) is 1. The Morgan fingerprint density at radius 3 is 2.80 bits per heavy atom. The zero-order valence-corrected chi connectivity index (χ0v) is 9.42. The molecule has 82 valence electrons. The summed E-state index contributed by atoms with van der Waals surface area (Å²) in [6.45, 7) is 0. The van der Waals surface area contributed by atoms with Gasteiger partial charge in [0, 0.05) is 6.04 Å². The van der Waals surface area contributed by atoms with E-state index in [9.17, 15) is 0 Å². The molecule has 0 bridgehead atoms. The van der Waals surface area contributed by atoms with Crippen LogP contribution >= 0.6 is 11.6 Å². The van der Waals surface area contributed by atoms with E-state index in [1.165, 1.54) is 12.8 Å². The van der Waals surface area contributed by atoms with Crippen LogP contribution in [0.4, 0.5) is 0 Å². The smallest absolute Gasteiger partial charge is 0.137 e. The van der Waals surface area contributed by atoms with Gasteiger partial charge in [0.2, 0.25) is 0 Å². The number of methoxy groups -OCH3 is 1. The van der Waals surface area contributed by atoms with Gasteiger partial charge >= 0.3 is 0 Å². The molecule has 1 atom stereocenters. The second-order valence-electron chi connectivity index (χ2n) is 3.88. The lowest BCUT2D eigenvalue weighted by Gasteiger charge is -2.16. The molecule has 0 spiro atoms. The predicted octanol–water partition coefficient (Wildman–Crippen LogP) is 2.26. The third-order valence-electron chi connectivity index (χ3n) is 2.81. The van der Waals surface area contributed by atoms with Crippen LogP contribution in [0.15, 0.2) is 18.2 Å². The van der Waals surface area contributed by atoms with Gasteiger partial charge in [-0.15, -0.1) is 0 Å². The van der Waals surface area contributed by atoms with Crippen molar-refractivity contribution in [2.75, 3.05) is 7.11 Å². The number of hydrazine groups is 1. The standard InChI is InChI=1S/C11H15ClN2O/c1-15-10-6-8(4-5-9(10)12)11(14-13)7-2-3-7/h4-7,11,14H,2-3,13H2,1H3. The quantitative estimate of drug-likeness (QED) is 0.612. The van der Waals surface area contributed by atoms with Crippen LogP contribution in [-0.4, -0.2) is 7.11 Å². The van der Waals surface area contributed by atoms with Gasteiger partial charge in [0.05, 0.1) is 12.1 Å². The van der Waals surface area contributed by atoms with E-state index in [2.05, 4.69) is 5.43 Å². The molecule has 3 nitrogen and oxygen atoms in total. The summed E-state index contributed by atoms with van der Waals surface area (Å²) < 4.78 is 5.18. The number of rotatable bonds is 4. The molecule has 1 aliphatic rings. The summed E-state index contributed by atoms with van der Waals surface area (Å²) in [5, 5.41) is 0.632. The van der Waals surface area contributed by atoms with E-state index in [4.69, 9.17) is 22.2 Å². The van der Waals surface area contributed by atoms with E-state index in [0.29, 0.717) is 16.7 Å². The first-order chi connectivity index (χ1) is 7.26. The molecule has 4 heteroatoms. The normalized spacial score (nSPS) is 17.5. The summed E-state index contributed by atoms with van der Waals surface area (Å²) in [7, 11) is 1.62. The van der Waals surface area contributed by atoms with Crippen LogP contribution in [0.25, 0.3) is 0 Å². The van der Waals surface area contributed by atoms with E-state index < -0.39 is 0 Å². The number of nitrogens with one attached hydrogen (secondary N) is 1. The van der Waals surface area contributed by atoms with Crippen LogP contribution < -0.4 is 16.0 Å². The lowest BCUT2D eigenvalue weighted by molar-refractivity contribution is 0.412. The largest absolute Gasteiger partial charge is 0.495 e. The Morgan fingerprint density at radius 2 is 2.27 bits per heavy atom. The fourth-order valence-corrected chi connectivity index (χ4v) is 2.00. The first kappa shape index (κ1) is 10.7. The first-order valence-corrected chi connectivity index (χ1v) is 5.43. The maximum absolute atomic E-state index is 5.96. The fraction of sp³-hybridized carbons (Fsp3) is 0.455. The average molecular weight is 227 g/mol. The lowest BCUT2D eigenvalue weighted by atomic mass is 10.0. The van der Waals surface area contributed by atoms with Gasteiger partial charge in [-0.3, -0.25) is 11.3 Å². The van der Waals surface area contributed by atoms with Gasteiger partial charge in [0.1, 0.15) is 5.75 Å². The minimum atomic E-state index is 0.219. The van der Waals surface area contributed by atoms with Gasteiger partial charge in [-0.2, -0.15) is 0 Å². The maximum atomic E-state index is 5.96. The summed E-state index contributed by atoms with van der Waals surface area (Å²) in [4.78, 5) is 0. The third-order valence-corrected chi connectivity index (χ3v) is 3.12. The zero-order valence-electron chi connectivity index (χ0n) is 8.66. The van der Waals surface area contributed by atoms with Crippen LogP contribution in [0.2, 0.25) is 5.02 Å². The molecule has 1 fully saturated rings. The van der Waals surface area contributed by atoms with Crippen molar-refractivity contribution in [3.8, 4) is 5.75 Å². The number of hydrogen-bond acceptors (Lipinski definition) is 3. The fourth-order valence-electron chi connectivity index (χ4n) is 1.80. The van der Waals surface area contributed by atoms with Crippen molar-refractivity contribution in [1.29, 1.82) is 0 Å². The molecule has 0 heterocycles. The van der Waals surface area contributed by atoms with Gasteiger partial charge in [-0.05, 0) is 36.5 Å². The molecule has 0 aromatic heterocycles. The molecule has 0 amide bonds. The number of hydrogen-bond donors (Lipinski definition) is 2. The number of halogens is 1. The van der Waals surface area contributed by atoms with Crippen LogP contribution in [0.3, 0.4) is 0 Å². The Morgan fingerprint density at radius 1 is 1.53 bits per heavy atom. The summed E-state index contributed by atoms with van der Waals surface area (Å²) in [6.07, 6.45) is 2.47. The molecule has 3 N–H and O–H groups in total. The Kier molecular flexibility index (Phi) is 3.14. The van der Waals surface area contributed by atoms with Gasteiger partial charge in [0.15, 0.2) is 0 Å². The Bertz CT molecular complexity index is 352. The molecule has 1 aromatic carbocycles. The summed E-state index contributed by atoms with van der Waals surface area (Å²) in [6, 6.07) is 6.01. The van der Waals surface area contributed by atoms with Gasteiger partial charge in [-0.1, -0.05) is 17.7 Å². The maximum Gasteiger partial charge on any atom is 0.137 e. The van der Waals surface area contributed by atoms with Crippen LogP contribution in [0.5, 0.6) is 5.75 Å². The molecule has 1 aliphatic carbocycles. The monoisotopic (exact) mass is 226 g/mol. The highest BCUT2D eigenvalue weighted by atomic mass is 35.5. The Labute approximate surface area is 94.5 Å².